The number of hydrogen-bond donors (Lipinski definition) is 0. The minimum Gasteiger partial charge on any atom is -0.444 e. The van der Waals surface area contributed by atoms with Gasteiger partial charge in [-0.15, -0.1) is 0 Å². The Balaban J connectivity index is 1.09. The van der Waals surface area contributed by atoms with Gasteiger partial charge in [-0.2, -0.15) is 0 Å². The second kappa shape index (κ2) is 13.9. The zero-order chi connectivity index (χ0) is 33.2. The van der Waals surface area contributed by atoms with Crippen molar-refractivity contribution in [1.29, 1.82) is 0 Å². The third-order valence-corrected chi connectivity index (χ3v) is 11.5. The molecular formula is C36H54N6O4Si. The fourth-order valence-electron chi connectivity index (χ4n) is 6.98. The number of benzene rings is 1. The highest BCUT2D eigenvalue weighted by atomic mass is 28.3. The number of morpholine rings is 1. The third-order valence-electron chi connectivity index (χ3n) is 9.76. The lowest BCUT2D eigenvalue weighted by molar-refractivity contribution is -0.0505. The fourth-order valence-corrected chi connectivity index (χ4v) is 7.73. The normalized spacial score (nSPS) is 18.9. The largest absolute Gasteiger partial charge is 0.444 e. The number of amides is 1. The Morgan fingerprint density at radius 2 is 1.70 bits per heavy atom. The highest BCUT2D eigenvalue weighted by molar-refractivity contribution is 6.76. The molecule has 0 atom stereocenters. The molecular weight excluding hydrogens is 609 g/mol. The topological polar surface area (TPSA) is 85.2 Å². The minimum absolute atomic E-state index is 0.174. The number of hydrogen-bond acceptors (Lipinski definition) is 8. The molecule has 10 nitrogen and oxygen atoms in total. The first-order valence-electron chi connectivity index (χ1n) is 17.4. The average Bonchev–Trinajstić information content (AvgIpc) is 3.39. The van der Waals surface area contributed by atoms with Crippen LogP contribution in [-0.4, -0.2) is 110 Å². The van der Waals surface area contributed by atoms with Gasteiger partial charge in [-0.05, 0) is 68.7 Å². The number of anilines is 1. The molecule has 0 aliphatic carbocycles. The maximum absolute atomic E-state index is 12.5. The van der Waals surface area contributed by atoms with Gasteiger partial charge in [0.1, 0.15) is 30.1 Å². The molecule has 256 valence electrons. The molecule has 5 heterocycles. The molecule has 3 aromatic rings. The maximum atomic E-state index is 12.5. The molecule has 3 aliphatic heterocycles. The van der Waals surface area contributed by atoms with E-state index in [1.165, 1.54) is 5.56 Å². The van der Waals surface area contributed by atoms with E-state index in [1.807, 2.05) is 25.7 Å². The monoisotopic (exact) mass is 662 g/mol. The van der Waals surface area contributed by atoms with Crippen molar-refractivity contribution < 1.29 is 19.0 Å². The van der Waals surface area contributed by atoms with Gasteiger partial charge in [-0.3, -0.25) is 0 Å². The summed E-state index contributed by atoms with van der Waals surface area (Å²) in [6, 6.07) is 12.4. The second-order valence-corrected chi connectivity index (χ2v) is 21.6. The molecule has 47 heavy (non-hydrogen) atoms. The standard InChI is InChI=1S/C36H54N6O4Si/c1-35(2,3)46-34(43)41-15-12-36(13-16-41)24-39(25-36)14-11-28-7-9-29(10-8-28)31-23-30-32(40-17-19-44-20-18-40)37-26-38-33(30)42(31)27-45-21-22-47(4,5)6/h7-10,23,26H,11-22,24-25,27H2,1-6H3. The third kappa shape index (κ3) is 8.36. The number of carbonyl (C=O) groups is 1. The van der Waals surface area contributed by atoms with E-state index in [1.54, 1.807) is 6.33 Å². The van der Waals surface area contributed by atoms with Crippen molar-refractivity contribution in [3.63, 3.8) is 0 Å². The number of nitrogens with zero attached hydrogens (tertiary/aromatic N) is 6. The highest BCUT2D eigenvalue weighted by Crippen LogP contribution is 2.41. The summed E-state index contributed by atoms with van der Waals surface area (Å²) in [4.78, 5) is 28.7. The van der Waals surface area contributed by atoms with Gasteiger partial charge in [-0.1, -0.05) is 43.9 Å². The molecule has 0 radical (unpaired) electrons. The van der Waals surface area contributed by atoms with Crippen molar-refractivity contribution >= 4 is 31.0 Å². The number of fused-ring (bicyclic) bond motifs is 1. The lowest BCUT2D eigenvalue weighted by atomic mass is 9.72. The minimum atomic E-state index is -1.19. The number of aromatic nitrogens is 3. The van der Waals surface area contributed by atoms with E-state index in [-0.39, 0.29) is 6.09 Å². The van der Waals surface area contributed by atoms with Gasteiger partial charge in [-0.25, -0.2) is 14.8 Å². The zero-order valence-electron chi connectivity index (χ0n) is 29.4. The lowest BCUT2D eigenvalue weighted by Gasteiger charge is -2.54. The molecule has 11 heteroatoms. The SMILES string of the molecule is CC(C)(C)OC(=O)N1CCC2(CC1)CN(CCc1ccc(-c3cc4c(N5CCOCC5)ncnc4n3COCC[Si](C)(C)C)cc1)C2. The van der Waals surface area contributed by atoms with Crippen molar-refractivity contribution in [3.05, 3.63) is 42.2 Å². The van der Waals surface area contributed by atoms with Crippen molar-refractivity contribution in [3.8, 4) is 11.3 Å². The Hall–Kier alpha value is -2.99. The van der Waals surface area contributed by atoms with Crippen molar-refractivity contribution in [2.45, 2.75) is 78.1 Å². The smallest absolute Gasteiger partial charge is 0.410 e. The van der Waals surface area contributed by atoms with Gasteiger partial charge < -0.3 is 33.5 Å². The van der Waals surface area contributed by atoms with E-state index in [0.717, 1.165) is 106 Å². The van der Waals surface area contributed by atoms with Gasteiger partial charge >= 0.3 is 6.09 Å². The van der Waals surface area contributed by atoms with E-state index in [2.05, 4.69) is 64.3 Å². The number of piperidine rings is 1. The van der Waals surface area contributed by atoms with Crippen LogP contribution in [0.15, 0.2) is 36.7 Å². The van der Waals surface area contributed by atoms with Crippen LogP contribution < -0.4 is 4.90 Å². The van der Waals surface area contributed by atoms with Gasteiger partial charge in [0.15, 0.2) is 0 Å². The van der Waals surface area contributed by atoms with Crippen LogP contribution in [0.25, 0.3) is 22.3 Å². The summed E-state index contributed by atoms with van der Waals surface area (Å²) < 4.78 is 19.7. The Morgan fingerprint density at radius 3 is 2.36 bits per heavy atom. The van der Waals surface area contributed by atoms with Crippen LogP contribution in [0.2, 0.25) is 25.7 Å². The highest BCUT2D eigenvalue weighted by Gasteiger charge is 2.45. The van der Waals surface area contributed by atoms with E-state index in [4.69, 9.17) is 24.2 Å². The van der Waals surface area contributed by atoms with E-state index < -0.39 is 13.7 Å². The van der Waals surface area contributed by atoms with Gasteiger partial charge in [0.05, 0.1) is 24.3 Å². The number of rotatable bonds is 10. The van der Waals surface area contributed by atoms with Crippen molar-refractivity contribution in [1.82, 2.24) is 24.3 Å². The summed E-state index contributed by atoms with van der Waals surface area (Å²) in [6.07, 6.45) is 4.65. The molecule has 0 saturated carbocycles. The molecule has 0 N–H and O–H groups in total. The maximum Gasteiger partial charge on any atom is 0.410 e. The van der Waals surface area contributed by atoms with Crippen LogP contribution >= 0.6 is 0 Å². The van der Waals surface area contributed by atoms with E-state index >= 15 is 0 Å². The zero-order valence-corrected chi connectivity index (χ0v) is 30.4. The molecule has 1 spiro atoms. The fraction of sp³-hybridized carbons (Fsp3) is 0.639. The summed E-state index contributed by atoms with van der Waals surface area (Å²) >= 11 is 0. The Kier molecular flexibility index (Phi) is 9.99. The molecule has 2 aromatic heterocycles. The number of ether oxygens (including phenoxy) is 3. The van der Waals surface area contributed by atoms with Crippen LogP contribution in [0.4, 0.5) is 10.6 Å². The summed E-state index contributed by atoms with van der Waals surface area (Å²) in [5.74, 6) is 0.972. The summed E-state index contributed by atoms with van der Waals surface area (Å²) in [6.45, 7) is 22.1. The quantitative estimate of drug-likeness (QED) is 0.190. The predicted molar refractivity (Wildman–Crippen MR) is 190 cm³/mol. The summed E-state index contributed by atoms with van der Waals surface area (Å²) in [7, 11) is -1.19. The van der Waals surface area contributed by atoms with Gasteiger partial charge in [0.2, 0.25) is 0 Å². The molecule has 3 aliphatic rings. The lowest BCUT2D eigenvalue weighted by Crippen LogP contribution is -2.61. The molecule has 6 rings (SSSR count). The first kappa shape index (κ1) is 33.9. The van der Waals surface area contributed by atoms with Crippen LogP contribution in [0.1, 0.15) is 39.2 Å². The van der Waals surface area contributed by atoms with Gasteiger partial charge in [0, 0.05) is 60.5 Å². The molecule has 0 bridgehead atoms. The second-order valence-electron chi connectivity index (χ2n) is 16.0. The summed E-state index contributed by atoms with van der Waals surface area (Å²) in [5, 5.41) is 1.06. The first-order chi connectivity index (χ1) is 22.4. The van der Waals surface area contributed by atoms with Crippen LogP contribution in [-0.2, 0) is 27.4 Å². The number of carbonyl (C=O) groups excluding carboxylic acids is 1. The van der Waals surface area contributed by atoms with E-state index in [0.29, 0.717) is 25.4 Å². The van der Waals surface area contributed by atoms with Gasteiger partial charge in [0.25, 0.3) is 0 Å². The predicted octanol–water partition coefficient (Wildman–Crippen LogP) is 6.12. The van der Waals surface area contributed by atoms with Crippen LogP contribution in [0, 0.1) is 5.41 Å². The molecule has 1 aromatic carbocycles. The number of likely N-dealkylation sites (tertiary alicyclic amines) is 2. The van der Waals surface area contributed by atoms with E-state index in [9.17, 15) is 4.79 Å². The Labute approximate surface area is 281 Å². The Bertz CT molecular complexity index is 1510. The first-order valence-corrected chi connectivity index (χ1v) is 21.1. The molecule has 0 unspecified atom stereocenters. The average molecular weight is 663 g/mol. The van der Waals surface area contributed by atoms with Crippen LogP contribution in [0.5, 0.6) is 0 Å². The molecule has 3 fully saturated rings. The van der Waals surface area contributed by atoms with Crippen molar-refractivity contribution in [2.24, 2.45) is 5.41 Å². The Morgan fingerprint density at radius 1 is 1.00 bits per heavy atom. The molecule has 1 amide bonds. The summed E-state index contributed by atoms with van der Waals surface area (Å²) in [5.41, 5.74) is 4.44. The molecule has 3 saturated heterocycles. The van der Waals surface area contributed by atoms with Crippen molar-refractivity contribution in [2.75, 3.05) is 70.5 Å². The van der Waals surface area contributed by atoms with Crippen LogP contribution in [0.3, 0.4) is 0 Å².